The van der Waals surface area contributed by atoms with E-state index in [1.807, 2.05) is 59.7 Å². The minimum absolute atomic E-state index is 0.168. The highest BCUT2D eigenvalue weighted by molar-refractivity contribution is 7.96. The van der Waals surface area contributed by atoms with Crippen LogP contribution in [0.1, 0.15) is 103 Å². The number of allylic oxidation sites excluding steroid dienone is 1. The van der Waals surface area contributed by atoms with E-state index < -0.39 is 15.1 Å². The van der Waals surface area contributed by atoms with E-state index in [1.54, 1.807) is 0 Å². The quantitative estimate of drug-likeness (QED) is 0.563. The Morgan fingerprint density at radius 1 is 0.967 bits per heavy atom. The lowest BCUT2D eigenvalue weighted by molar-refractivity contribution is 0.423. The van der Waals surface area contributed by atoms with Crippen LogP contribution in [0.25, 0.3) is 6.08 Å². The molecule has 1 fully saturated rings. The third kappa shape index (κ3) is 5.66. The molecule has 1 saturated carbocycles. The van der Waals surface area contributed by atoms with Crippen molar-refractivity contribution < 1.29 is 13.5 Å². The summed E-state index contributed by atoms with van der Waals surface area (Å²) in [6.07, 6.45) is 7.80. The lowest BCUT2D eigenvalue weighted by Crippen LogP contribution is -2.23. The number of sulfone groups is 1. The summed E-state index contributed by atoms with van der Waals surface area (Å²) in [6, 6.07) is 5.60. The summed E-state index contributed by atoms with van der Waals surface area (Å²) in [5.74, 6) is 0.244. The molecule has 0 unspecified atom stereocenters. The van der Waals surface area contributed by atoms with Crippen molar-refractivity contribution in [3.63, 3.8) is 0 Å². The fraction of sp³-hybridized carbons (Fsp3) is 0.640. The highest BCUT2D eigenvalue weighted by atomic mass is 32.2. The SMILES string of the molecule is CC(C)(C)c1cc(/C=C(\C#N)S(=O)(=O)C2CCCCCCC2)cc(C(C)(C)C)c1O. The van der Waals surface area contributed by atoms with Gasteiger partial charge in [0.05, 0.1) is 5.25 Å². The number of rotatable bonds is 3. The van der Waals surface area contributed by atoms with Crippen molar-refractivity contribution in [2.45, 2.75) is 103 Å². The van der Waals surface area contributed by atoms with Crippen LogP contribution in [-0.4, -0.2) is 18.8 Å². The summed E-state index contributed by atoms with van der Waals surface area (Å²) in [7, 11) is -3.68. The number of hydrogen-bond donors (Lipinski definition) is 1. The van der Waals surface area contributed by atoms with Crippen molar-refractivity contribution in [3.8, 4) is 11.8 Å². The van der Waals surface area contributed by atoms with E-state index in [2.05, 4.69) is 0 Å². The molecule has 0 aromatic heterocycles. The number of aromatic hydroxyl groups is 1. The number of nitriles is 1. The first-order chi connectivity index (χ1) is 13.8. The number of benzene rings is 1. The van der Waals surface area contributed by atoms with Crippen LogP contribution in [0.4, 0.5) is 0 Å². The van der Waals surface area contributed by atoms with Gasteiger partial charge in [-0.05, 0) is 47.4 Å². The van der Waals surface area contributed by atoms with Crippen LogP contribution in [0.2, 0.25) is 0 Å². The summed E-state index contributed by atoms with van der Waals surface area (Å²) in [5, 5.41) is 20.2. The van der Waals surface area contributed by atoms with Crippen molar-refractivity contribution in [2.24, 2.45) is 0 Å². The monoisotopic (exact) mass is 431 g/mol. The molecule has 0 radical (unpaired) electrons. The van der Waals surface area contributed by atoms with Crippen molar-refractivity contribution >= 4 is 15.9 Å². The molecule has 0 amide bonds. The molecule has 1 aromatic carbocycles. The van der Waals surface area contributed by atoms with Gasteiger partial charge in [-0.25, -0.2) is 8.42 Å². The summed E-state index contributed by atoms with van der Waals surface area (Å²) >= 11 is 0. The molecule has 0 bridgehead atoms. The van der Waals surface area contributed by atoms with Crippen molar-refractivity contribution in [1.82, 2.24) is 0 Å². The van der Waals surface area contributed by atoms with Crippen molar-refractivity contribution in [1.29, 1.82) is 5.26 Å². The fourth-order valence-corrected chi connectivity index (χ4v) is 5.86. The number of phenols is 1. The molecular formula is C25H37NO3S. The first-order valence-corrected chi connectivity index (χ1v) is 12.6. The molecule has 1 N–H and O–H groups in total. The second-order valence-corrected chi connectivity index (χ2v) is 12.8. The smallest absolute Gasteiger partial charge is 0.191 e. The molecule has 0 spiro atoms. The molecule has 0 atom stereocenters. The average molecular weight is 432 g/mol. The van der Waals surface area contributed by atoms with Crippen molar-refractivity contribution in [2.75, 3.05) is 0 Å². The van der Waals surface area contributed by atoms with E-state index >= 15 is 0 Å². The summed E-state index contributed by atoms with van der Waals surface area (Å²) in [4.78, 5) is -0.168. The summed E-state index contributed by atoms with van der Waals surface area (Å²) in [6.45, 7) is 12.1. The van der Waals surface area contributed by atoms with E-state index in [-0.39, 0.29) is 21.5 Å². The predicted molar refractivity (Wildman–Crippen MR) is 124 cm³/mol. The van der Waals surface area contributed by atoms with Crippen LogP contribution in [0.3, 0.4) is 0 Å². The van der Waals surface area contributed by atoms with Gasteiger partial charge in [-0.2, -0.15) is 5.26 Å². The molecule has 0 aliphatic heterocycles. The third-order valence-electron chi connectivity index (χ3n) is 5.95. The highest BCUT2D eigenvalue weighted by Gasteiger charge is 2.31. The second kappa shape index (κ2) is 9.14. The van der Waals surface area contributed by atoms with Gasteiger partial charge >= 0.3 is 0 Å². The van der Waals surface area contributed by atoms with Gasteiger partial charge in [0.1, 0.15) is 16.7 Å². The zero-order valence-electron chi connectivity index (χ0n) is 19.4. The fourth-order valence-electron chi connectivity index (χ4n) is 4.12. The van der Waals surface area contributed by atoms with Gasteiger partial charge in [0, 0.05) is 11.1 Å². The van der Waals surface area contributed by atoms with Crippen LogP contribution in [-0.2, 0) is 20.7 Å². The molecule has 30 heavy (non-hydrogen) atoms. The topological polar surface area (TPSA) is 78.2 Å². The molecule has 5 heteroatoms. The zero-order chi connectivity index (χ0) is 22.7. The number of hydrogen-bond acceptors (Lipinski definition) is 4. The Balaban J connectivity index is 2.59. The molecule has 166 valence electrons. The van der Waals surface area contributed by atoms with Crippen molar-refractivity contribution in [3.05, 3.63) is 33.7 Å². The number of phenolic OH excluding ortho intramolecular Hbond substituents is 1. The zero-order valence-corrected chi connectivity index (χ0v) is 20.2. The highest BCUT2D eigenvalue weighted by Crippen LogP contribution is 2.40. The van der Waals surface area contributed by atoms with Gasteiger partial charge in [0.15, 0.2) is 9.84 Å². The van der Waals surface area contributed by atoms with E-state index in [4.69, 9.17) is 0 Å². The Labute approximate surface area is 182 Å². The lowest BCUT2D eigenvalue weighted by atomic mass is 9.78. The van der Waals surface area contributed by atoms with Crippen LogP contribution in [0, 0.1) is 11.3 Å². The first-order valence-electron chi connectivity index (χ1n) is 11.0. The molecule has 1 aromatic rings. The molecular weight excluding hydrogens is 394 g/mol. The normalized spacial score (nSPS) is 17.8. The Morgan fingerprint density at radius 2 is 1.40 bits per heavy atom. The Bertz CT molecular complexity index is 895. The summed E-state index contributed by atoms with van der Waals surface area (Å²) in [5.41, 5.74) is 1.51. The van der Waals surface area contributed by atoms with E-state index in [9.17, 15) is 18.8 Å². The Hall–Kier alpha value is -1.80. The molecule has 0 heterocycles. The molecule has 1 aliphatic carbocycles. The largest absolute Gasteiger partial charge is 0.507 e. The molecule has 4 nitrogen and oxygen atoms in total. The van der Waals surface area contributed by atoms with Gasteiger partial charge in [0.25, 0.3) is 0 Å². The van der Waals surface area contributed by atoms with Gasteiger partial charge in [-0.1, -0.05) is 73.6 Å². The minimum atomic E-state index is -3.68. The molecule has 1 aliphatic rings. The van der Waals surface area contributed by atoms with Crippen LogP contribution in [0.15, 0.2) is 17.0 Å². The number of nitrogens with zero attached hydrogens (tertiary/aromatic N) is 1. The Kier molecular flexibility index (Phi) is 7.45. The molecule has 2 rings (SSSR count). The maximum Gasteiger partial charge on any atom is 0.191 e. The minimum Gasteiger partial charge on any atom is -0.507 e. The standard InChI is InChI=1S/C25H37NO3S/c1-24(2,3)21-15-18(16-22(23(21)27)25(4,5)6)14-20(17-26)30(28,29)19-12-10-8-7-9-11-13-19/h14-16,19,27H,7-13H2,1-6H3/b20-14+. The van der Waals surface area contributed by atoms with Crippen LogP contribution in [0.5, 0.6) is 5.75 Å². The average Bonchev–Trinajstić information content (AvgIpc) is 2.57. The lowest BCUT2D eigenvalue weighted by Gasteiger charge is -2.28. The van der Waals surface area contributed by atoms with Crippen LogP contribution < -0.4 is 0 Å². The predicted octanol–water partition coefficient (Wildman–Crippen LogP) is 6.38. The maximum atomic E-state index is 13.3. The molecule has 0 saturated heterocycles. The van der Waals surface area contributed by atoms with Crippen LogP contribution >= 0.6 is 0 Å². The van der Waals surface area contributed by atoms with Gasteiger partial charge in [0.2, 0.25) is 0 Å². The van der Waals surface area contributed by atoms with Gasteiger partial charge < -0.3 is 5.11 Å². The van der Waals surface area contributed by atoms with Gasteiger partial charge in [-0.3, -0.25) is 0 Å². The second-order valence-electron chi connectivity index (χ2n) is 10.6. The van der Waals surface area contributed by atoms with E-state index in [0.717, 1.165) is 43.2 Å². The maximum absolute atomic E-state index is 13.3. The third-order valence-corrected chi connectivity index (χ3v) is 8.13. The van der Waals surface area contributed by atoms with E-state index in [0.29, 0.717) is 18.4 Å². The van der Waals surface area contributed by atoms with Gasteiger partial charge in [-0.15, -0.1) is 0 Å². The first kappa shape index (κ1) is 24.5. The summed E-state index contributed by atoms with van der Waals surface area (Å²) < 4.78 is 26.6. The van der Waals surface area contributed by atoms with E-state index in [1.165, 1.54) is 6.08 Å². The Morgan fingerprint density at radius 3 is 1.80 bits per heavy atom.